The minimum atomic E-state index is -3.60. The van der Waals surface area contributed by atoms with Crippen LogP contribution in [0.15, 0.2) is 15.8 Å². The van der Waals surface area contributed by atoms with Crippen molar-refractivity contribution < 1.29 is 13.2 Å². The Bertz CT molecular complexity index is 790. The molecular weight excluding hydrogens is 382 g/mol. The summed E-state index contributed by atoms with van der Waals surface area (Å²) in [6.07, 6.45) is 2.90. The van der Waals surface area contributed by atoms with E-state index in [1.165, 1.54) is 17.5 Å². The predicted octanol–water partition coefficient (Wildman–Crippen LogP) is 1.31. The van der Waals surface area contributed by atoms with E-state index in [4.69, 9.17) is 0 Å². The molecule has 2 aromatic heterocycles. The Hall–Kier alpha value is -1.46. The second-order valence-electron chi connectivity index (χ2n) is 3.93. The van der Waals surface area contributed by atoms with Crippen LogP contribution < -0.4 is 5.32 Å². The summed E-state index contributed by atoms with van der Waals surface area (Å²) in [5, 5.41) is 10.9. The third-order valence-electron chi connectivity index (χ3n) is 2.26. The summed E-state index contributed by atoms with van der Waals surface area (Å²) in [5.74, 6) is -0.590. The first-order valence-electron chi connectivity index (χ1n) is 5.67. The highest BCUT2D eigenvalue weighted by Gasteiger charge is 2.19. The standard InChI is InChI=1S/C10H10BrN5O3S2/c1-3-6-15-16-9(20-6)14-8(17)7-5(11)4-12-10(13-7)21(2,18)19/h4H,3H2,1-2H3,(H,14,16,17). The van der Waals surface area contributed by atoms with E-state index in [1.807, 2.05) is 6.92 Å². The van der Waals surface area contributed by atoms with Gasteiger partial charge in [0.05, 0.1) is 4.47 Å². The number of aromatic nitrogens is 4. The predicted molar refractivity (Wildman–Crippen MR) is 80.1 cm³/mol. The molecule has 0 aliphatic carbocycles. The average Bonchev–Trinajstić information content (AvgIpc) is 2.85. The van der Waals surface area contributed by atoms with Gasteiger partial charge in [0.1, 0.15) is 10.7 Å². The zero-order chi connectivity index (χ0) is 15.6. The zero-order valence-electron chi connectivity index (χ0n) is 11.0. The maximum absolute atomic E-state index is 12.1. The number of anilines is 1. The number of carbonyl (C=O) groups excluding carboxylic acids is 1. The Labute approximate surface area is 133 Å². The molecule has 8 nitrogen and oxygen atoms in total. The highest BCUT2D eigenvalue weighted by Crippen LogP contribution is 2.19. The maximum Gasteiger partial charge on any atom is 0.277 e. The van der Waals surface area contributed by atoms with E-state index >= 15 is 0 Å². The van der Waals surface area contributed by atoms with Crippen LogP contribution in [0.25, 0.3) is 0 Å². The van der Waals surface area contributed by atoms with Gasteiger partial charge in [-0.3, -0.25) is 10.1 Å². The Morgan fingerprint density at radius 1 is 1.43 bits per heavy atom. The van der Waals surface area contributed by atoms with Crippen molar-refractivity contribution in [3.63, 3.8) is 0 Å². The molecule has 0 saturated carbocycles. The van der Waals surface area contributed by atoms with E-state index in [-0.39, 0.29) is 10.2 Å². The molecule has 0 unspecified atom stereocenters. The van der Waals surface area contributed by atoms with Gasteiger partial charge in [-0.15, -0.1) is 10.2 Å². The topological polar surface area (TPSA) is 115 Å². The molecule has 0 atom stereocenters. The fraction of sp³-hybridized carbons (Fsp3) is 0.300. The normalized spacial score (nSPS) is 11.4. The maximum atomic E-state index is 12.1. The van der Waals surface area contributed by atoms with Crippen molar-refractivity contribution in [3.05, 3.63) is 21.4 Å². The van der Waals surface area contributed by atoms with E-state index in [1.54, 1.807) is 0 Å². The first kappa shape index (κ1) is 15.9. The lowest BCUT2D eigenvalue weighted by atomic mass is 10.4. The summed E-state index contributed by atoms with van der Waals surface area (Å²) in [7, 11) is -3.60. The van der Waals surface area contributed by atoms with Gasteiger partial charge >= 0.3 is 0 Å². The van der Waals surface area contributed by atoms with Crippen LogP contribution in [-0.2, 0) is 16.3 Å². The van der Waals surface area contributed by atoms with Gasteiger partial charge in [0.15, 0.2) is 0 Å². The summed E-state index contributed by atoms with van der Waals surface area (Å²) in [5.41, 5.74) is -0.0846. The fourth-order valence-electron chi connectivity index (χ4n) is 1.29. The summed E-state index contributed by atoms with van der Waals surface area (Å²) < 4.78 is 23.1. The number of carbonyl (C=O) groups is 1. The first-order chi connectivity index (χ1) is 9.81. The number of halogens is 1. The van der Waals surface area contributed by atoms with Crippen molar-refractivity contribution in [1.82, 2.24) is 20.2 Å². The molecule has 1 amide bonds. The van der Waals surface area contributed by atoms with Crippen molar-refractivity contribution in [3.8, 4) is 0 Å². The lowest BCUT2D eigenvalue weighted by Crippen LogP contribution is -2.17. The lowest BCUT2D eigenvalue weighted by Gasteiger charge is -2.04. The number of sulfone groups is 1. The number of hydrogen-bond donors (Lipinski definition) is 1. The molecule has 21 heavy (non-hydrogen) atoms. The average molecular weight is 392 g/mol. The summed E-state index contributed by atoms with van der Waals surface area (Å²) in [6, 6.07) is 0. The minimum Gasteiger partial charge on any atom is -0.295 e. The van der Waals surface area contributed by atoms with E-state index in [9.17, 15) is 13.2 Å². The summed E-state index contributed by atoms with van der Waals surface area (Å²) in [4.78, 5) is 19.6. The van der Waals surface area contributed by atoms with Crippen LogP contribution in [0.4, 0.5) is 5.13 Å². The number of hydrogen-bond acceptors (Lipinski definition) is 8. The number of rotatable bonds is 4. The largest absolute Gasteiger partial charge is 0.295 e. The van der Waals surface area contributed by atoms with Crippen molar-refractivity contribution >= 4 is 48.1 Å². The summed E-state index contributed by atoms with van der Waals surface area (Å²) in [6.45, 7) is 1.92. The van der Waals surface area contributed by atoms with Crippen molar-refractivity contribution in [1.29, 1.82) is 0 Å². The molecule has 0 aliphatic rings. The molecule has 0 fully saturated rings. The molecule has 1 N–H and O–H groups in total. The van der Waals surface area contributed by atoms with E-state index in [0.717, 1.165) is 11.3 Å². The molecular formula is C10H10BrN5O3S2. The summed E-state index contributed by atoms with van der Waals surface area (Å²) >= 11 is 4.36. The van der Waals surface area contributed by atoms with Gasteiger partial charge < -0.3 is 0 Å². The molecule has 0 saturated heterocycles. The van der Waals surface area contributed by atoms with Crippen LogP contribution in [0.5, 0.6) is 0 Å². The van der Waals surface area contributed by atoms with Gasteiger partial charge in [-0.2, -0.15) is 0 Å². The fourth-order valence-corrected chi connectivity index (χ4v) is 2.84. The van der Waals surface area contributed by atoms with Crippen LogP contribution in [0.2, 0.25) is 0 Å². The molecule has 2 aromatic rings. The van der Waals surface area contributed by atoms with Crippen LogP contribution >= 0.6 is 27.3 Å². The second kappa shape index (κ2) is 6.12. The van der Waals surface area contributed by atoms with E-state index in [2.05, 4.69) is 41.4 Å². The number of nitrogens with one attached hydrogen (secondary N) is 1. The number of nitrogens with zero attached hydrogens (tertiary/aromatic N) is 4. The Kier molecular flexibility index (Phi) is 4.64. The third-order valence-corrected chi connectivity index (χ3v) is 4.68. The van der Waals surface area contributed by atoms with Crippen molar-refractivity contribution in [2.75, 3.05) is 11.6 Å². The van der Waals surface area contributed by atoms with Crippen molar-refractivity contribution in [2.45, 2.75) is 18.5 Å². The Morgan fingerprint density at radius 2 is 2.14 bits per heavy atom. The Morgan fingerprint density at radius 3 is 2.71 bits per heavy atom. The molecule has 0 radical (unpaired) electrons. The van der Waals surface area contributed by atoms with Crippen LogP contribution in [0.3, 0.4) is 0 Å². The van der Waals surface area contributed by atoms with Gasteiger partial charge in [0, 0.05) is 12.5 Å². The minimum absolute atomic E-state index is 0.0846. The van der Waals surface area contributed by atoms with Gasteiger partial charge in [-0.25, -0.2) is 18.4 Å². The quantitative estimate of drug-likeness (QED) is 0.780. The van der Waals surface area contributed by atoms with Gasteiger partial charge in [-0.05, 0) is 22.4 Å². The molecule has 11 heteroatoms. The van der Waals surface area contributed by atoms with Crippen LogP contribution in [0, 0.1) is 0 Å². The highest BCUT2D eigenvalue weighted by molar-refractivity contribution is 9.10. The SMILES string of the molecule is CCc1nnc(NC(=O)c2nc(S(C)(=O)=O)ncc2Br)s1. The lowest BCUT2D eigenvalue weighted by molar-refractivity contribution is 0.102. The van der Waals surface area contributed by atoms with Crippen LogP contribution in [-0.4, -0.2) is 40.7 Å². The van der Waals surface area contributed by atoms with Crippen molar-refractivity contribution in [2.24, 2.45) is 0 Å². The number of aryl methyl sites for hydroxylation is 1. The molecule has 0 bridgehead atoms. The van der Waals surface area contributed by atoms with Gasteiger partial charge in [0.25, 0.3) is 5.91 Å². The molecule has 2 rings (SSSR count). The zero-order valence-corrected chi connectivity index (χ0v) is 14.2. The Balaban J connectivity index is 2.30. The molecule has 0 aliphatic heterocycles. The monoisotopic (exact) mass is 391 g/mol. The first-order valence-corrected chi connectivity index (χ1v) is 9.17. The van der Waals surface area contributed by atoms with Crippen LogP contribution in [0.1, 0.15) is 22.4 Å². The van der Waals surface area contributed by atoms with E-state index < -0.39 is 20.9 Å². The smallest absolute Gasteiger partial charge is 0.277 e. The molecule has 0 aromatic carbocycles. The highest BCUT2D eigenvalue weighted by atomic mass is 79.9. The van der Waals surface area contributed by atoms with E-state index in [0.29, 0.717) is 11.6 Å². The van der Waals surface area contributed by atoms with Gasteiger partial charge in [-0.1, -0.05) is 18.3 Å². The molecule has 2 heterocycles. The molecule has 112 valence electrons. The number of amides is 1. The second-order valence-corrected chi connectivity index (χ2v) is 7.76. The third kappa shape index (κ3) is 3.80. The molecule has 0 spiro atoms. The van der Waals surface area contributed by atoms with Gasteiger partial charge in [0.2, 0.25) is 20.1 Å².